The third-order valence-electron chi connectivity index (χ3n) is 5.36. The van der Waals surface area contributed by atoms with Gasteiger partial charge in [0.05, 0.1) is 0 Å². The van der Waals surface area contributed by atoms with Crippen LogP contribution >= 0.6 is 11.8 Å². The molecule has 1 heterocycles. The van der Waals surface area contributed by atoms with Crippen LogP contribution in [0.3, 0.4) is 0 Å². The summed E-state index contributed by atoms with van der Waals surface area (Å²) in [7, 11) is 2.14. The summed E-state index contributed by atoms with van der Waals surface area (Å²) in [5.74, 6) is 1.21. The number of piperidine rings is 1. The molecule has 162 valence electrons. The minimum Gasteiger partial charge on any atom is -0.508 e. The van der Waals surface area contributed by atoms with E-state index in [-0.39, 0.29) is 17.8 Å². The zero-order chi connectivity index (χ0) is 21.3. The van der Waals surface area contributed by atoms with E-state index in [1.807, 2.05) is 36.4 Å². The van der Waals surface area contributed by atoms with Crippen LogP contribution in [0.15, 0.2) is 53.4 Å². The average molecular weight is 429 g/mol. The van der Waals surface area contributed by atoms with Gasteiger partial charge in [-0.1, -0.05) is 25.1 Å². The SMILES string of the molecule is CC(CCC(=O)NCc1ccccc1OC1CCN(C)CC1)Sc1ccc(O)cc1. The van der Waals surface area contributed by atoms with E-state index in [0.717, 1.165) is 48.6 Å². The number of hydrogen-bond acceptors (Lipinski definition) is 5. The van der Waals surface area contributed by atoms with E-state index in [2.05, 4.69) is 24.2 Å². The Kier molecular flexibility index (Phi) is 8.46. The summed E-state index contributed by atoms with van der Waals surface area (Å²) < 4.78 is 6.24. The van der Waals surface area contributed by atoms with Crippen molar-refractivity contribution in [2.45, 2.75) is 55.4 Å². The van der Waals surface area contributed by atoms with Crippen molar-refractivity contribution >= 4 is 17.7 Å². The van der Waals surface area contributed by atoms with E-state index in [0.29, 0.717) is 18.2 Å². The van der Waals surface area contributed by atoms with Crippen molar-refractivity contribution in [2.75, 3.05) is 20.1 Å². The van der Waals surface area contributed by atoms with E-state index in [4.69, 9.17) is 4.74 Å². The Morgan fingerprint density at radius 3 is 2.63 bits per heavy atom. The summed E-state index contributed by atoms with van der Waals surface area (Å²) in [6.45, 7) is 4.73. The zero-order valence-electron chi connectivity index (χ0n) is 17.8. The van der Waals surface area contributed by atoms with Gasteiger partial charge in [0.25, 0.3) is 0 Å². The molecule has 30 heavy (non-hydrogen) atoms. The highest BCUT2D eigenvalue weighted by Gasteiger charge is 2.19. The Morgan fingerprint density at radius 2 is 1.90 bits per heavy atom. The second-order valence-corrected chi connectivity index (χ2v) is 9.48. The number of nitrogens with one attached hydrogen (secondary N) is 1. The first-order chi connectivity index (χ1) is 14.5. The molecule has 1 fully saturated rings. The Labute approximate surface area is 183 Å². The molecule has 6 heteroatoms. The molecule has 0 spiro atoms. The fourth-order valence-electron chi connectivity index (χ4n) is 3.48. The van der Waals surface area contributed by atoms with Gasteiger partial charge >= 0.3 is 0 Å². The molecule has 1 aliphatic rings. The lowest BCUT2D eigenvalue weighted by Gasteiger charge is -2.30. The van der Waals surface area contributed by atoms with Gasteiger partial charge in [-0.15, -0.1) is 11.8 Å². The Hall–Kier alpha value is -2.18. The van der Waals surface area contributed by atoms with Gasteiger partial charge in [0.2, 0.25) is 5.91 Å². The van der Waals surface area contributed by atoms with E-state index >= 15 is 0 Å². The molecule has 0 radical (unpaired) electrons. The highest BCUT2D eigenvalue weighted by Crippen LogP contribution is 2.27. The Morgan fingerprint density at radius 1 is 1.20 bits per heavy atom. The molecule has 2 aromatic rings. The summed E-state index contributed by atoms with van der Waals surface area (Å²) in [6, 6.07) is 15.2. The monoisotopic (exact) mass is 428 g/mol. The van der Waals surface area contributed by atoms with Gasteiger partial charge in [-0.25, -0.2) is 0 Å². The maximum Gasteiger partial charge on any atom is 0.220 e. The Bertz CT molecular complexity index is 804. The smallest absolute Gasteiger partial charge is 0.220 e. The summed E-state index contributed by atoms with van der Waals surface area (Å²) >= 11 is 1.72. The average Bonchev–Trinajstić information content (AvgIpc) is 2.75. The molecule has 0 aromatic heterocycles. The third kappa shape index (κ3) is 7.26. The first-order valence-corrected chi connectivity index (χ1v) is 11.5. The lowest BCUT2D eigenvalue weighted by Crippen LogP contribution is -2.35. The molecular weight excluding hydrogens is 396 g/mol. The highest BCUT2D eigenvalue weighted by atomic mass is 32.2. The minimum absolute atomic E-state index is 0.0576. The van der Waals surface area contributed by atoms with Crippen molar-refractivity contribution in [3.63, 3.8) is 0 Å². The van der Waals surface area contributed by atoms with Crippen LogP contribution < -0.4 is 10.1 Å². The van der Waals surface area contributed by atoms with Crippen LogP contribution in [-0.4, -0.2) is 47.4 Å². The number of carbonyl (C=O) groups is 1. The maximum atomic E-state index is 12.4. The van der Waals surface area contributed by atoms with Gasteiger partial charge in [0.15, 0.2) is 0 Å². The predicted octanol–water partition coefficient (Wildman–Crippen LogP) is 4.44. The standard InChI is InChI=1S/C24H32N2O3S/c1-18(30-22-10-8-20(27)9-11-22)7-12-24(28)25-17-19-5-3-4-6-23(19)29-21-13-15-26(2)16-14-21/h3-6,8-11,18,21,27H,7,12-17H2,1-2H3,(H,25,28). The molecule has 2 aromatic carbocycles. The van der Waals surface area contributed by atoms with Crippen molar-refractivity contribution in [3.05, 3.63) is 54.1 Å². The van der Waals surface area contributed by atoms with E-state index in [9.17, 15) is 9.90 Å². The summed E-state index contributed by atoms with van der Waals surface area (Å²) in [4.78, 5) is 15.8. The van der Waals surface area contributed by atoms with E-state index < -0.39 is 0 Å². The van der Waals surface area contributed by atoms with Crippen molar-refractivity contribution in [2.24, 2.45) is 0 Å². The molecule has 3 rings (SSSR count). The molecule has 1 atom stereocenters. The lowest BCUT2D eigenvalue weighted by molar-refractivity contribution is -0.121. The largest absolute Gasteiger partial charge is 0.508 e. The lowest BCUT2D eigenvalue weighted by atomic mass is 10.1. The van der Waals surface area contributed by atoms with Crippen LogP contribution in [-0.2, 0) is 11.3 Å². The number of phenolic OH excluding ortho intramolecular Hbond substituents is 1. The van der Waals surface area contributed by atoms with Crippen LogP contribution in [0.2, 0.25) is 0 Å². The number of benzene rings is 2. The molecule has 2 N–H and O–H groups in total. The van der Waals surface area contributed by atoms with Gasteiger partial charge in [0.1, 0.15) is 17.6 Å². The number of thioether (sulfide) groups is 1. The summed E-state index contributed by atoms with van der Waals surface area (Å²) in [5, 5.41) is 12.7. The van der Waals surface area contributed by atoms with E-state index in [1.165, 1.54) is 0 Å². The van der Waals surface area contributed by atoms with Gasteiger partial charge in [-0.3, -0.25) is 4.79 Å². The van der Waals surface area contributed by atoms with Crippen molar-refractivity contribution in [3.8, 4) is 11.5 Å². The molecular formula is C24H32N2O3S. The molecule has 1 saturated heterocycles. The van der Waals surface area contributed by atoms with Gasteiger partial charge in [-0.05, 0) is 56.6 Å². The Balaban J connectivity index is 1.42. The molecule has 1 aliphatic heterocycles. The molecule has 0 aliphatic carbocycles. The number of hydrogen-bond donors (Lipinski definition) is 2. The fourth-order valence-corrected chi connectivity index (χ4v) is 4.47. The van der Waals surface area contributed by atoms with Crippen LogP contribution in [0, 0.1) is 0 Å². The number of phenols is 1. The van der Waals surface area contributed by atoms with Crippen LogP contribution in [0.25, 0.3) is 0 Å². The van der Waals surface area contributed by atoms with Gasteiger partial charge in [0, 0.05) is 41.8 Å². The predicted molar refractivity (Wildman–Crippen MR) is 122 cm³/mol. The summed E-state index contributed by atoms with van der Waals surface area (Å²) in [6.07, 6.45) is 3.60. The number of aromatic hydroxyl groups is 1. The van der Waals surface area contributed by atoms with E-state index in [1.54, 1.807) is 23.9 Å². The minimum atomic E-state index is 0.0576. The quantitative estimate of drug-likeness (QED) is 0.578. The summed E-state index contributed by atoms with van der Waals surface area (Å²) in [5.41, 5.74) is 1.02. The topological polar surface area (TPSA) is 61.8 Å². The molecule has 1 unspecified atom stereocenters. The number of para-hydroxylation sites is 1. The normalized spacial score (nSPS) is 16.2. The number of nitrogens with zero attached hydrogens (tertiary/aromatic N) is 1. The third-order valence-corrected chi connectivity index (χ3v) is 6.54. The maximum absolute atomic E-state index is 12.4. The first-order valence-electron chi connectivity index (χ1n) is 10.6. The number of amides is 1. The molecule has 5 nitrogen and oxygen atoms in total. The fraction of sp³-hybridized carbons (Fsp3) is 0.458. The molecule has 0 bridgehead atoms. The second-order valence-electron chi connectivity index (χ2n) is 7.97. The van der Waals surface area contributed by atoms with Crippen molar-refractivity contribution in [1.29, 1.82) is 0 Å². The molecule has 0 saturated carbocycles. The zero-order valence-corrected chi connectivity index (χ0v) is 18.7. The van der Waals surface area contributed by atoms with Crippen molar-refractivity contribution < 1.29 is 14.6 Å². The van der Waals surface area contributed by atoms with Crippen LogP contribution in [0.4, 0.5) is 0 Å². The van der Waals surface area contributed by atoms with Crippen molar-refractivity contribution in [1.82, 2.24) is 10.2 Å². The first kappa shape index (κ1) is 22.5. The number of rotatable bonds is 9. The van der Waals surface area contributed by atoms with Crippen LogP contribution in [0.1, 0.15) is 38.2 Å². The van der Waals surface area contributed by atoms with Crippen LogP contribution in [0.5, 0.6) is 11.5 Å². The number of carbonyl (C=O) groups excluding carboxylic acids is 1. The molecule has 1 amide bonds. The van der Waals surface area contributed by atoms with Gasteiger partial charge in [-0.2, -0.15) is 0 Å². The highest BCUT2D eigenvalue weighted by molar-refractivity contribution is 7.99. The number of likely N-dealkylation sites (tertiary alicyclic amines) is 1. The second kappa shape index (κ2) is 11.3. The number of ether oxygens (including phenoxy) is 1. The van der Waals surface area contributed by atoms with Gasteiger partial charge < -0.3 is 20.1 Å².